The predicted molar refractivity (Wildman–Crippen MR) is 165 cm³/mol. The summed E-state index contributed by atoms with van der Waals surface area (Å²) in [5.41, 5.74) is 24.0. The molecule has 13 heteroatoms. The smallest absolute Gasteiger partial charge is 0.370 e. The third-order valence-electron chi connectivity index (χ3n) is 7.60. The Hall–Kier alpha value is -4.07. The van der Waals surface area contributed by atoms with Gasteiger partial charge in [-0.1, -0.05) is 30.3 Å². The maximum Gasteiger partial charge on any atom is 0.416 e. The van der Waals surface area contributed by atoms with E-state index in [1.165, 1.54) is 12.1 Å². The Labute approximate surface area is 255 Å². The van der Waals surface area contributed by atoms with Crippen molar-refractivity contribution in [3.63, 3.8) is 0 Å². The number of carbonyl (C=O) groups is 2. The second-order valence-electron chi connectivity index (χ2n) is 11.3. The highest BCUT2D eigenvalue weighted by molar-refractivity contribution is 5.92. The number of nitrogens with two attached hydrogens (primary N) is 4. The summed E-state index contributed by atoms with van der Waals surface area (Å²) in [4.78, 5) is 35.1. The van der Waals surface area contributed by atoms with E-state index in [2.05, 4.69) is 15.3 Å². The number of nitrogens with one attached hydrogen (secondary N) is 1. The fourth-order valence-electron chi connectivity index (χ4n) is 5.02. The Balaban J connectivity index is 1.70. The van der Waals surface area contributed by atoms with E-state index in [0.717, 1.165) is 23.0 Å². The van der Waals surface area contributed by atoms with Crippen molar-refractivity contribution in [2.24, 2.45) is 27.9 Å². The summed E-state index contributed by atoms with van der Waals surface area (Å²) in [6.07, 6.45) is -1.94. The summed E-state index contributed by atoms with van der Waals surface area (Å²) < 4.78 is 39.8. The number of rotatable bonds is 16. The highest BCUT2D eigenvalue weighted by Gasteiger charge is 2.31. The van der Waals surface area contributed by atoms with Gasteiger partial charge in [-0.05, 0) is 54.7 Å². The van der Waals surface area contributed by atoms with E-state index in [9.17, 15) is 22.8 Å². The van der Waals surface area contributed by atoms with Gasteiger partial charge in [0, 0.05) is 24.5 Å². The molecular formula is C31H42F3N8O2+. The molecule has 44 heavy (non-hydrogen) atoms. The molecule has 10 nitrogen and oxygen atoms in total. The van der Waals surface area contributed by atoms with E-state index < -0.39 is 29.7 Å². The minimum Gasteiger partial charge on any atom is -0.370 e. The molecule has 0 aliphatic heterocycles. The monoisotopic (exact) mass is 615 g/mol. The molecule has 0 fully saturated rings. The van der Waals surface area contributed by atoms with Gasteiger partial charge in [0.15, 0.2) is 11.7 Å². The van der Waals surface area contributed by atoms with Crippen LogP contribution in [0.3, 0.4) is 0 Å². The minimum atomic E-state index is -4.48. The van der Waals surface area contributed by atoms with Gasteiger partial charge in [0.1, 0.15) is 0 Å². The highest BCUT2D eigenvalue weighted by Crippen LogP contribution is 2.29. The van der Waals surface area contributed by atoms with Crippen molar-refractivity contribution in [3.05, 3.63) is 77.5 Å². The number of amides is 1. The summed E-state index contributed by atoms with van der Waals surface area (Å²) in [5, 5.41) is 3.62. The van der Waals surface area contributed by atoms with Gasteiger partial charge in [0.25, 0.3) is 0 Å². The summed E-state index contributed by atoms with van der Waals surface area (Å²) in [6.45, 7) is 2.93. The molecule has 0 bridgehead atoms. The van der Waals surface area contributed by atoms with Crippen molar-refractivity contribution >= 4 is 28.6 Å². The number of guanidine groups is 1. The number of fused-ring (bicyclic) bond motifs is 1. The average Bonchev–Trinajstić information content (AvgIpc) is 2.96. The number of para-hydroxylation sites is 1. The molecule has 2 aromatic carbocycles. The molecule has 0 aliphatic carbocycles. The molecule has 3 aromatic rings. The first kappa shape index (κ1) is 34.4. The molecule has 238 valence electrons. The van der Waals surface area contributed by atoms with Crippen LogP contribution in [0.25, 0.3) is 10.9 Å². The topological polar surface area (TPSA) is 176 Å². The molecule has 3 rings (SSSR count). The molecule has 0 aliphatic rings. The Morgan fingerprint density at radius 2 is 1.73 bits per heavy atom. The van der Waals surface area contributed by atoms with E-state index >= 15 is 0 Å². The number of likely N-dealkylation sites (N-methyl/N-ethyl adjacent to an activating group) is 1. The summed E-state index contributed by atoms with van der Waals surface area (Å²) in [7, 11) is 2.03. The van der Waals surface area contributed by atoms with Crippen LogP contribution in [-0.2, 0) is 28.6 Å². The zero-order valence-corrected chi connectivity index (χ0v) is 24.9. The third kappa shape index (κ3) is 10.6. The highest BCUT2D eigenvalue weighted by atomic mass is 19.4. The first-order chi connectivity index (χ1) is 20.8. The van der Waals surface area contributed by atoms with E-state index in [0.29, 0.717) is 61.2 Å². The van der Waals surface area contributed by atoms with Crippen LogP contribution in [0, 0.1) is 0 Å². The number of Topliss-reactive ketones (excluding diaryl/α,β-unsaturated/α-hetero) is 1. The van der Waals surface area contributed by atoms with Gasteiger partial charge in [-0.15, -0.1) is 0 Å². The average molecular weight is 616 g/mol. The molecular weight excluding hydrogens is 573 g/mol. The molecule has 0 saturated carbocycles. The van der Waals surface area contributed by atoms with Crippen molar-refractivity contribution in [3.8, 4) is 0 Å². The molecule has 0 radical (unpaired) electrons. The summed E-state index contributed by atoms with van der Waals surface area (Å²) in [6, 6.07) is 12.0. The van der Waals surface area contributed by atoms with Crippen LogP contribution in [0.5, 0.6) is 0 Å². The lowest BCUT2D eigenvalue weighted by atomic mass is 9.96. The van der Waals surface area contributed by atoms with Crippen LogP contribution >= 0.6 is 0 Å². The number of aromatic nitrogens is 1. The lowest BCUT2D eigenvalue weighted by Crippen LogP contribution is -2.51. The van der Waals surface area contributed by atoms with E-state index in [-0.39, 0.29) is 24.6 Å². The SMILES string of the molecule is C[N+](CCN)(CCC[C@H](N)C(=O)N[C@@H](Cc1ccc(C(F)(F)F)cc1)C(=O)Cc1cnc2ccccc2c1)CCN=C(N)N. The van der Waals surface area contributed by atoms with Gasteiger partial charge < -0.3 is 32.7 Å². The number of quaternary nitrogens is 1. The normalized spacial score (nSPS) is 14.4. The van der Waals surface area contributed by atoms with Crippen molar-refractivity contribution in [2.75, 3.05) is 39.8 Å². The number of pyridine rings is 1. The largest absolute Gasteiger partial charge is 0.416 e. The van der Waals surface area contributed by atoms with Crippen LogP contribution in [0.15, 0.2) is 65.8 Å². The van der Waals surface area contributed by atoms with Gasteiger partial charge in [-0.3, -0.25) is 14.6 Å². The molecule has 0 spiro atoms. The minimum absolute atomic E-state index is 0.00664. The second-order valence-corrected chi connectivity index (χ2v) is 11.3. The maximum absolute atomic E-state index is 13.5. The first-order valence-corrected chi connectivity index (χ1v) is 14.5. The van der Waals surface area contributed by atoms with Crippen molar-refractivity contribution < 1.29 is 27.2 Å². The van der Waals surface area contributed by atoms with Crippen molar-refractivity contribution in [2.45, 2.75) is 43.9 Å². The van der Waals surface area contributed by atoms with Gasteiger partial charge in [-0.2, -0.15) is 13.2 Å². The maximum atomic E-state index is 13.5. The lowest BCUT2D eigenvalue weighted by Gasteiger charge is -2.34. The number of halogens is 3. The number of hydrogen-bond acceptors (Lipinski definition) is 6. The molecule has 9 N–H and O–H groups in total. The third-order valence-corrected chi connectivity index (χ3v) is 7.60. The summed E-state index contributed by atoms with van der Waals surface area (Å²) >= 11 is 0. The van der Waals surface area contributed by atoms with Crippen molar-refractivity contribution in [1.82, 2.24) is 10.3 Å². The van der Waals surface area contributed by atoms with Crippen molar-refractivity contribution in [1.29, 1.82) is 0 Å². The molecule has 0 saturated heterocycles. The number of hydrogen-bond donors (Lipinski definition) is 5. The molecule has 1 unspecified atom stereocenters. The van der Waals surface area contributed by atoms with Gasteiger partial charge in [-0.25, -0.2) is 4.99 Å². The quantitative estimate of drug-likeness (QED) is 0.0929. The zero-order chi connectivity index (χ0) is 32.3. The predicted octanol–water partition coefficient (Wildman–Crippen LogP) is 1.88. The van der Waals surface area contributed by atoms with Gasteiger partial charge in [0.2, 0.25) is 5.91 Å². The molecule has 1 heterocycles. The zero-order valence-electron chi connectivity index (χ0n) is 24.9. The Morgan fingerprint density at radius 1 is 1.02 bits per heavy atom. The summed E-state index contributed by atoms with van der Waals surface area (Å²) in [5.74, 6) is -0.810. The van der Waals surface area contributed by atoms with Crippen LogP contribution in [-0.4, -0.2) is 79.0 Å². The van der Waals surface area contributed by atoms with Crippen LogP contribution < -0.4 is 28.3 Å². The van der Waals surface area contributed by atoms with Gasteiger partial charge in [0.05, 0.1) is 56.4 Å². The van der Waals surface area contributed by atoms with E-state index in [4.69, 9.17) is 22.9 Å². The number of alkyl halides is 3. The first-order valence-electron chi connectivity index (χ1n) is 14.5. The van der Waals surface area contributed by atoms with Crippen LogP contribution in [0.1, 0.15) is 29.5 Å². The Morgan fingerprint density at radius 3 is 2.39 bits per heavy atom. The molecule has 1 aromatic heterocycles. The van der Waals surface area contributed by atoms with Crippen LogP contribution in [0.4, 0.5) is 13.2 Å². The Kier molecular flexibility index (Phi) is 12.2. The standard InChI is InChI=1S/C31H41F3N8O2/c1-42(15-12-35,16-13-39-30(37)38)14-4-6-25(36)29(44)41-27(18-21-8-10-24(11-9-21)31(32,33)34)28(43)19-22-17-23-5-2-3-7-26(23)40-20-22/h2-3,5,7-11,17,20,25,27H,4,6,12-16,18-19,35-36H2,1H3,(H4-,37,38,39,41,44)/p+1/t25-,27-,42?/m0/s1. The molecule has 3 atom stereocenters. The fraction of sp³-hybridized carbons (Fsp3) is 0.419. The number of nitrogens with zero attached hydrogens (tertiary/aromatic N) is 3. The number of benzene rings is 2. The van der Waals surface area contributed by atoms with Gasteiger partial charge >= 0.3 is 6.18 Å². The number of aliphatic imine (C=N–C) groups is 1. The number of ketones is 1. The lowest BCUT2D eigenvalue weighted by molar-refractivity contribution is -0.907. The fourth-order valence-corrected chi connectivity index (χ4v) is 5.02. The molecule has 1 amide bonds. The number of carbonyl (C=O) groups excluding carboxylic acids is 2. The van der Waals surface area contributed by atoms with Crippen LogP contribution in [0.2, 0.25) is 0 Å². The van der Waals surface area contributed by atoms with E-state index in [1.54, 1.807) is 6.20 Å². The Bertz CT molecular complexity index is 1430. The van der Waals surface area contributed by atoms with E-state index in [1.807, 2.05) is 37.4 Å². The second kappa shape index (κ2) is 15.6.